The van der Waals surface area contributed by atoms with Gasteiger partial charge in [-0.1, -0.05) is 6.92 Å². The minimum absolute atomic E-state index is 0.256. The highest BCUT2D eigenvalue weighted by atomic mass is 35.5. The van der Waals surface area contributed by atoms with Gasteiger partial charge in [0.2, 0.25) is 10.5 Å². The maximum absolute atomic E-state index is 11.2. The monoisotopic (exact) mass is 284 g/mol. The number of hydrogen-bond donors (Lipinski definition) is 0. The van der Waals surface area contributed by atoms with Crippen molar-refractivity contribution in [1.29, 1.82) is 0 Å². The maximum Gasteiger partial charge on any atom is 0.332 e. The van der Waals surface area contributed by atoms with Gasteiger partial charge in [0, 0.05) is 7.11 Å². The third kappa shape index (κ3) is 6.61. The molecule has 0 radical (unpaired) electrons. The minimum Gasteiger partial charge on any atom is -0.459 e. The van der Waals surface area contributed by atoms with E-state index < -0.39 is 28.5 Å². The van der Waals surface area contributed by atoms with Gasteiger partial charge in [-0.3, -0.25) is 9.59 Å². The molecule has 0 amide bonds. The Bertz CT molecular complexity index is 292. The molecule has 1 unspecified atom stereocenters. The lowest BCUT2D eigenvalue weighted by molar-refractivity contribution is -0.157. The van der Waals surface area contributed by atoms with Crippen molar-refractivity contribution in [2.75, 3.05) is 13.7 Å². The fourth-order valence-corrected chi connectivity index (χ4v) is 1.76. The van der Waals surface area contributed by atoms with Crippen molar-refractivity contribution in [3.63, 3.8) is 0 Å². The SMILES string of the molecule is CCC(C(=O)Cl)[C@H](CC(=O)Cl)OC(=O)COC. The highest BCUT2D eigenvalue weighted by Gasteiger charge is 2.30. The predicted molar refractivity (Wildman–Crippen MR) is 61.9 cm³/mol. The van der Waals surface area contributed by atoms with Crippen molar-refractivity contribution >= 4 is 39.7 Å². The van der Waals surface area contributed by atoms with Gasteiger partial charge in [-0.05, 0) is 29.6 Å². The Morgan fingerprint density at radius 2 is 1.82 bits per heavy atom. The maximum atomic E-state index is 11.2. The van der Waals surface area contributed by atoms with Crippen LogP contribution in [0.3, 0.4) is 0 Å². The van der Waals surface area contributed by atoms with Gasteiger partial charge in [0.15, 0.2) is 0 Å². The Labute approximate surface area is 109 Å². The van der Waals surface area contributed by atoms with E-state index in [4.69, 9.17) is 27.9 Å². The lowest BCUT2D eigenvalue weighted by Gasteiger charge is -2.22. The standard InChI is InChI=1S/C10H14Cl2O5/c1-3-6(10(12)15)7(4-8(11)13)17-9(14)5-16-2/h6-7H,3-5H2,1-2H3/t6?,7-/m0/s1. The molecule has 98 valence electrons. The molecule has 0 aliphatic heterocycles. The predicted octanol–water partition coefficient (Wildman–Crippen LogP) is 1.49. The van der Waals surface area contributed by atoms with Crippen molar-refractivity contribution in [3.05, 3.63) is 0 Å². The summed E-state index contributed by atoms with van der Waals surface area (Å²) in [7, 11) is 1.33. The van der Waals surface area contributed by atoms with Gasteiger partial charge in [0.25, 0.3) is 0 Å². The molecule has 0 rings (SSSR count). The number of rotatable bonds is 8. The second-order valence-corrected chi connectivity index (χ2v) is 4.13. The summed E-state index contributed by atoms with van der Waals surface area (Å²) in [6.45, 7) is 1.43. The van der Waals surface area contributed by atoms with E-state index in [1.807, 2.05) is 0 Å². The molecule has 0 heterocycles. The number of halogens is 2. The molecule has 0 saturated carbocycles. The van der Waals surface area contributed by atoms with E-state index in [-0.39, 0.29) is 13.0 Å². The average molecular weight is 285 g/mol. The van der Waals surface area contributed by atoms with E-state index in [9.17, 15) is 14.4 Å². The molecular weight excluding hydrogens is 271 g/mol. The second-order valence-electron chi connectivity index (χ2n) is 3.34. The van der Waals surface area contributed by atoms with Gasteiger partial charge < -0.3 is 9.47 Å². The molecule has 0 saturated heterocycles. The summed E-state index contributed by atoms with van der Waals surface area (Å²) in [5, 5.41) is -1.36. The van der Waals surface area contributed by atoms with Gasteiger partial charge in [0.1, 0.15) is 12.7 Å². The average Bonchev–Trinajstić information content (AvgIpc) is 2.16. The van der Waals surface area contributed by atoms with E-state index in [0.717, 1.165) is 0 Å². The Morgan fingerprint density at radius 3 is 2.18 bits per heavy atom. The molecule has 2 atom stereocenters. The molecule has 0 aromatic heterocycles. The zero-order chi connectivity index (χ0) is 13.4. The van der Waals surface area contributed by atoms with E-state index in [2.05, 4.69) is 4.74 Å². The van der Waals surface area contributed by atoms with Crippen molar-refractivity contribution in [3.8, 4) is 0 Å². The Balaban J connectivity index is 4.67. The van der Waals surface area contributed by atoms with Gasteiger partial charge in [-0.25, -0.2) is 4.79 Å². The normalized spacial score (nSPS) is 13.9. The number of hydrogen-bond acceptors (Lipinski definition) is 5. The molecule has 0 aliphatic carbocycles. The summed E-state index contributed by atoms with van der Waals surface area (Å²) in [5.41, 5.74) is 0. The summed E-state index contributed by atoms with van der Waals surface area (Å²) in [6, 6.07) is 0. The number of carbonyl (C=O) groups is 3. The van der Waals surface area contributed by atoms with Crippen LogP contribution in [0.15, 0.2) is 0 Å². The lowest BCUT2D eigenvalue weighted by atomic mass is 9.98. The molecular formula is C10H14Cl2O5. The first kappa shape index (κ1) is 16.4. The molecule has 0 bridgehead atoms. The summed E-state index contributed by atoms with van der Waals surface area (Å²) < 4.78 is 9.51. The highest BCUT2D eigenvalue weighted by Crippen LogP contribution is 2.20. The molecule has 0 N–H and O–H groups in total. The van der Waals surface area contributed by atoms with Crippen LogP contribution in [0.1, 0.15) is 19.8 Å². The van der Waals surface area contributed by atoms with Crippen LogP contribution in [0, 0.1) is 5.92 Å². The molecule has 0 fully saturated rings. The van der Waals surface area contributed by atoms with Gasteiger partial charge in [0.05, 0.1) is 12.3 Å². The molecule has 7 heteroatoms. The third-order valence-electron chi connectivity index (χ3n) is 2.09. The third-order valence-corrected chi connectivity index (χ3v) is 2.52. The molecule has 0 aromatic carbocycles. The van der Waals surface area contributed by atoms with Crippen molar-refractivity contribution < 1.29 is 23.9 Å². The first-order chi connectivity index (χ1) is 7.92. The lowest BCUT2D eigenvalue weighted by Crippen LogP contribution is -2.32. The topological polar surface area (TPSA) is 69.7 Å². The quantitative estimate of drug-likeness (QED) is 0.499. The van der Waals surface area contributed by atoms with Crippen LogP contribution in [0.2, 0.25) is 0 Å². The van der Waals surface area contributed by atoms with E-state index >= 15 is 0 Å². The molecule has 17 heavy (non-hydrogen) atoms. The van der Waals surface area contributed by atoms with Crippen LogP contribution in [-0.2, 0) is 23.9 Å². The fraction of sp³-hybridized carbons (Fsp3) is 0.700. The number of methoxy groups -OCH3 is 1. The summed E-state index contributed by atoms with van der Waals surface area (Å²) >= 11 is 10.6. The van der Waals surface area contributed by atoms with Crippen LogP contribution in [0.25, 0.3) is 0 Å². The second kappa shape index (κ2) is 8.44. The summed E-state index contributed by atoms with van der Waals surface area (Å²) in [6.07, 6.45) is -0.858. The van der Waals surface area contributed by atoms with Crippen molar-refractivity contribution in [2.45, 2.75) is 25.9 Å². The van der Waals surface area contributed by atoms with Gasteiger partial charge in [-0.2, -0.15) is 0 Å². The van der Waals surface area contributed by atoms with E-state index in [0.29, 0.717) is 6.42 Å². The summed E-state index contributed by atoms with van der Waals surface area (Å²) in [4.78, 5) is 33.2. The summed E-state index contributed by atoms with van der Waals surface area (Å²) in [5.74, 6) is -1.42. The van der Waals surface area contributed by atoms with Crippen LogP contribution in [0.4, 0.5) is 0 Å². The van der Waals surface area contributed by atoms with Crippen molar-refractivity contribution in [2.24, 2.45) is 5.92 Å². The largest absolute Gasteiger partial charge is 0.459 e. The zero-order valence-corrected chi connectivity index (χ0v) is 11.1. The number of ether oxygens (including phenoxy) is 2. The zero-order valence-electron chi connectivity index (χ0n) is 9.57. The molecule has 5 nitrogen and oxygen atoms in total. The highest BCUT2D eigenvalue weighted by molar-refractivity contribution is 6.64. The smallest absolute Gasteiger partial charge is 0.332 e. The first-order valence-electron chi connectivity index (χ1n) is 4.98. The van der Waals surface area contributed by atoms with Gasteiger partial charge in [-0.15, -0.1) is 0 Å². The number of carbonyl (C=O) groups excluding carboxylic acids is 3. The van der Waals surface area contributed by atoms with Crippen LogP contribution < -0.4 is 0 Å². The first-order valence-corrected chi connectivity index (χ1v) is 5.74. The fourth-order valence-electron chi connectivity index (χ4n) is 1.31. The van der Waals surface area contributed by atoms with Gasteiger partial charge >= 0.3 is 5.97 Å². The van der Waals surface area contributed by atoms with E-state index in [1.165, 1.54) is 7.11 Å². The molecule has 0 spiro atoms. The number of esters is 1. The Hall–Kier alpha value is -0.650. The van der Waals surface area contributed by atoms with Crippen LogP contribution >= 0.6 is 23.2 Å². The van der Waals surface area contributed by atoms with Crippen LogP contribution in [-0.4, -0.2) is 36.3 Å². The molecule has 0 aliphatic rings. The molecule has 0 aromatic rings. The Kier molecular flexibility index (Phi) is 8.12. The Morgan fingerprint density at radius 1 is 1.24 bits per heavy atom. The minimum atomic E-state index is -0.947. The van der Waals surface area contributed by atoms with Crippen LogP contribution in [0.5, 0.6) is 0 Å². The van der Waals surface area contributed by atoms with E-state index in [1.54, 1.807) is 6.92 Å². The van der Waals surface area contributed by atoms with Crippen molar-refractivity contribution in [1.82, 2.24) is 0 Å².